The normalized spacial score (nSPS) is 14.4. The number of benzene rings is 1. The van der Waals surface area contributed by atoms with Crippen molar-refractivity contribution in [3.63, 3.8) is 0 Å². The Morgan fingerprint density at radius 2 is 1.91 bits per heavy atom. The Labute approximate surface area is 135 Å². The number of carbonyl (C=O) groups is 1. The number of pyridine rings is 1. The first-order valence-electron chi connectivity index (χ1n) is 7.56. The maximum atomic E-state index is 12.3. The largest absolute Gasteiger partial charge is 0.497 e. The molecule has 1 aliphatic rings. The van der Waals surface area contributed by atoms with Crippen LogP contribution in [0.1, 0.15) is 10.4 Å². The number of amides is 1. The standard InChI is InChI=1S/C17H19N3O3/c1-22-15-5-3-14(4-6-15)19-17(21)13-2-7-16(18-12-13)20-8-10-23-11-9-20/h2-7,12H,8-11H2,1H3,(H,19,21)/p+1. The van der Waals surface area contributed by atoms with E-state index in [9.17, 15) is 4.79 Å². The molecular formula is C17H20N3O3+. The van der Waals surface area contributed by atoms with Gasteiger partial charge in [-0.15, -0.1) is 0 Å². The van der Waals surface area contributed by atoms with Crippen LogP contribution in [0.2, 0.25) is 0 Å². The highest BCUT2D eigenvalue weighted by Gasteiger charge is 2.19. The van der Waals surface area contributed by atoms with Gasteiger partial charge in [0.15, 0.2) is 0 Å². The van der Waals surface area contributed by atoms with Gasteiger partial charge >= 0.3 is 0 Å². The Hall–Kier alpha value is -2.60. The molecule has 0 saturated carbocycles. The molecule has 0 bridgehead atoms. The molecule has 6 nitrogen and oxygen atoms in total. The number of ether oxygens (including phenoxy) is 2. The van der Waals surface area contributed by atoms with Crippen LogP contribution in [0.3, 0.4) is 0 Å². The summed E-state index contributed by atoms with van der Waals surface area (Å²) in [6.07, 6.45) is 1.73. The molecule has 120 valence electrons. The molecule has 0 unspecified atom stereocenters. The first kappa shape index (κ1) is 15.3. The van der Waals surface area contributed by atoms with Crippen LogP contribution in [0.15, 0.2) is 42.6 Å². The van der Waals surface area contributed by atoms with Crippen LogP contribution in [0.5, 0.6) is 5.75 Å². The van der Waals surface area contributed by atoms with Crippen molar-refractivity contribution in [2.24, 2.45) is 0 Å². The number of H-pyrrole nitrogens is 1. The number of rotatable bonds is 4. The summed E-state index contributed by atoms with van der Waals surface area (Å²) in [5.74, 6) is 1.60. The third-order valence-electron chi connectivity index (χ3n) is 3.76. The average Bonchev–Trinajstić information content (AvgIpc) is 2.63. The Bertz CT molecular complexity index is 650. The molecule has 6 heteroatoms. The van der Waals surface area contributed by atoms with Crippen molar-refractivity contribution in [2.75, 3.05) is 43.6 Å². The molecule has 0 aliphatic carbocycles. The number of carbonyl (C=O) groups excluding carboxylic acids is 1. The number of hydrogen-bond donors (Lipinski definition) is 1. The van der Waals surface area contributed by atoms with Crippen LogP contribution in [0.25, 0.3) is 0 Å². The highest BCUT2D eigenvalue weighted by Crippen LogP contribution is 2.16. The fraction of sp³-hybridized carbons (Fsp3) is 0.294. The third kappa shape index (κ3) is 3.78. The molecule has 2 aromatic rings. The summed E-state index contributed by atoms with van der Waals surface area (Å²) in [4.78, 5) is 17.6. The molecular weight excluding hydrogens is 294 g/mol. The lowest BCUT2D eigenvalue weighted by Gasteiger charge is -2.21. The van der Waals surface area contributed by atoms with Gasteiger partial charge in [0.1, 0.15) is 25.0 Å². The summed E-state index contributed by atoms with van der Waals surface area (Å²) in [5, 5.41) is 2.86. The molecule has 1 aromatic heterocycles. The third-order valence-corrected chi connectivity index (χ3v) is 3.76. The number of methoxy groups -OCH3 is 1. The summed E-state index contributed by atoms with van der Waals surface area (Å²) in [6, 6.07) is 11.0. The minimum atomic E-state index is -0.153. The van der Waals surface area contributed by atoms with Gasteiger partial charge < -0.3 is 14.8 Å². The number of anilines is 2. The van der Waals surface area contributed by atoms with E-state index in [1.165, 1.54) is 0 Å². The maximum Gasteiger partial charge on any atom is 0.274 e. The van der Waals surface area contributed by atoms with Crippen molar-refractivity contribution in [3.8, 4) is 5.75 Å². The Balaban J connectivity index is 1.64. The molecule has 1 aliphatic heterocycles. The maximum absolute atomic E-state index is 12.3. The van der Waals surface area contributed by atoms with Gasteiger partial charge in [0, 0.05) is 11.8 Å². The van der Waals surface area contributed by atoms with E-state index < -0.39 is 0 Å². The van der Waals surface area contributed by atoms with Crippen molar-refractivity contribution < 1.29 is 19.3 Å². The molecule has 0 atom stereocenters. The van der Waals surface area contributed by atoms with Gasteiger partial charge in [-0.3, -0.25) is 9.69 Å². The molecule has 3 rings (SSSR count). The summed E-state index contributed by atoms with van der Waals surface area (Å²) in [7, 11) is 1.61. The topological polar surface area (TPSA) is 64.9 Å². The Morgan fingerprint density at radius 1 is 1.17 bits per heavy atom. The van der Waals surface area contributed by atoms with Crippen LogP contribution in [0.4, 0.5) is 11.5 Å². The number of morpholine rings is 1. The summed E-state index contributed by atoms with van der Waals surface area (Å²) >= 11 is 0. The van der Waals surface area contributed by atoms with E-state index in [-0.39, 0.29) is 5.91 Å². The van der Waals surface area contributed by atoms with Crippen LogP contribution < -0.4 is 19.9 Å². The molecule has 1 aromatic carbocycles. The van der Waals surface area contributed by atoms with Crippen molar-refractivity contribution in [2.45, 2.75) is 0 Å². The Morgan fingerprint density at radius 3 is 2.52 bits per heavy atom. The number of hydrogen-bond acceptors (Lipinski definition) is 4. The molecule has 23 heavy (non-hydrogen) atoms. The quantitative estimate of drug-likeness (QED) is 0.931. The van der Waals surface area contributed by atoms with Gasteiger partial charge in [0.05, 0.1) is 25.9 Å². The van der Waals surface area contributed by atoms with E-state index in [0.717, 1.165) is 43.6 Å². The first-order valence-corrected chi connectivity index (χ1v) is 7.56. The van der Waals surface area contributed by atoms with Crippen LogP contribution in [-0.4, -0.2) is 39.3 Å². The minimum Gasteiger partial charge on any atom is -0.497 e. The van der Waals surface area contributed by atoms with E-state index in [1.807, 2.05) is 36.4 Å². The van der Waals surface area contributed by atoms with Crippen molar-refractivity contribution >= 4 is 17.4 Å². The van der Waals surface area contributed by atoms with Crippen LogP contribution in [-0.2, 0) is 4.74 Å². The molecule has 1 saturated heterocycles. The highest BCUT2D eigenvalue weighted by molar-refractivity contribution is 6.03. The van der Waals surface area contributed by atoms with E-state index in [1.54, 1.807) is 13.3 Å². The second-order valence-electron chi connectivity index (χ2n) is 5.24. The first-order chi connectivity index (χ1) is 11.3. The average molecular weight is 314 g/mol. The summed E-state index contributed by atoms with van der Waals surface area (Å²) in [6.45, 7) is 3.17. The highest BCUT2D eigenvalue weighted by atomic mass is 16.5. The molecule has 0 radical (unpaired) electrons. The zero-order chi connectivity index (χ0) is 16.1. The summed E-state index contributed by atoms with van der Waals surface area (Å²) in [5.41, 5.74) is 1.31. The number of nitrogens with one attached hydrogen (secondary N) is 2. The fourth-order valence-corrected chi connectivity index (χ4v) is 2.44. The molecule has 1 amide bonds. The zero-order valence-electron chi connectivity index (χ0n) is 13.0. The predicted octanol–water partition coefficient (Wildman–Crippen LogP) is 1.60. The van der Waals surface area contributed by atoms with Crippen LogP contribution >= 0.6 is 0 Å². The van der Waals surface area contributed by atoms with Gasteiger partial charge in [-0.2, -0.15) is 0 Å². The van der Waals surface area contributed by atoms with Crippen molar-refractivity contribution in [1.82, 2.24) is 0 Å². The van der Waals surface area contributed by atoms with E-state index in [0.29, 0.717) is 5.56 Å². The van der Waals surface area contributed by atoms with E-state index >= 15 is 0 Å². The van der Waals surface area contributed by atoms with Gasteiger partial charge in [-0.1, -0.05) is 0 Å². The lowest BCUT2D eigenvalue weighted by Crippen LogP contribution is -2.39. The van der Waals surface area contributed by atoms with Gasteiger partial charge in [-0.25, -0.2) is 4.98 Å². The zero-order valence-corrected chi connectivity index (χ0v) is 13.0. The predicted molar refractivity (Wildman–Crippen MR) is 87.0 cm³/mol. The van der Waals surface area contributed by atoms with Gasteiger partial charge in [-0.05, 0) is 30.3 Å². The molecule has 1 fully saturated rings. The second-order valence-corrected chi connectivity index (χ2v) is 5.24. The van der Waals surface area contributed by atoms with Gasteiger partial charge in [0.25, 0.3) is 11.7 Å². The second kappa shape index (κ2) is 7.11. The number of aromatic amines is 1. The lowest BCUT2D eigenvalue weighted by molar-refractivity contribution is -0.364. The molecule has 2 N–H and O–H groups in total. The minimum absolute atomic E-state index is 0.153. The SMILES string of the molecule is COc1ccc(NC(=O)c2ccc(N3CCOCC3)[nH+]c2)cc1. The molecule has 0 spiro atoms. The lowest BCUT2D eigenvalue weighted by atomic mass is 10.2. The smallest absolute Gasteiger partial charge is 0.274 e. The molecule has 2 heterocycles. The monoisotopic (exact) mass is 314 g/mol. The summed E-state index contributed by atoms with van der Waals surface area (Å²) < 4.78 is 10.4. The van der Waals surface area contributed by atoms with Crippen molar-refractivity contribution in [1.29, 1.82) is 0 Å². The van der Waals surface area contributed by atoms with E-state index in [2.05, 4.69) is 15.2 Å². The van der Waals surface area contributed by atoms with Gasteiger partial charge in [0.2, 0.25) is 0 Å². The van der Waals surface area contributed by atoms with Crippen LogP contribution in [0, 0.1) is 0 Å². The fourth-order valence-electron chi connectivity index (χ4n) is 2.44. The van der Waals surface area contributed by atoms with E-state index in [4.69, 9.17) is 9.47 Å². The Kier molecular flexibility index (Phi) is 4.73. The van der Waals surface area contributed by atoms with Crippen molar-refractivity contribution in [3.05, 3.63) is 48.2 Å². The number of aromatic nitrogens is 1. The number of nitrogens with zero attached hydrogens (tertiary/aromatic N) is 1.